The van der Waals surface area contributed by atoms with Crippen LogP contribution in [0.4, 0.5) is 4.39 Å². The zero-order valence-corrected chi connectivity index (χ0v) is 26.5. The highest BCUT2D eigenvalue weighted by Gasteiger charge is 2.40. The first kappa shape index (κ1) is 32.5. The molecule has 4 N–H and O–H groups in total. The summed E-state index contributed by atoms with van der Waals surface area (Å²) in [5.74, 6) is -0.991. The molecule has 2 aliphatic heterocycles. The van der Waals surface area contributed by atoms with Gasteiger partial charge in [0.25, 0.3) is 5.91 Å². The van der Waals surface area contributed by atoms with Crippen LogP contribution in [0.2, 0.25) is 0 Å². The first-order chi connectivity index (χ1) is 23.2. The molecule has 4 aromatic carbocycles. The summed E-state index contributed by atoms with van der Waals surface area (Å²) in [5, 5.41) is 25.2. The van der Waals surface area contributed by atoms with Gasteiger partial charge in [-0.2, -0.15) is 0 Å². The smallest absolute Gasteiger partial charge is 0.258 e. The Morgan fingerprint density at radius 1 is 0.917 bits per heavy atom. The lowest BCUT2D eigenvalue weighted by molar-refractivity contribution is -0.136. The molecule has 246 valence electrons. The first-order valence-electron chi connectivity index (χ1n) is 15.9. The summed E-state index contributed by atoms with van der Waals surface area (Å²) in [4.78, 5) is 38.1. The molecular formula is C38H36FN3O6. The van der Waals surface area contributed by atoms with Crippen LogP contribution >= 0.6 is 0 Å². The number of halogens is 1. The Morgan fingerprint density at radius 2 is 1.54 bits per heavy atom. The van der Waals surface area contributed by atoms with E-state index in [9.17, 15) is 24.6 Å². The maximum atomic E-state index is 15.0. The summed E-state index contributed by atoms with van der Waals surface area (Å²) in [6.45, 7) is 3.41. The van der Waals surface area contributed by atoms with E-state index in [2.05, 4.69) is 17.6 Å². The number of phenolic OH excluding ortho intramolecular Hbond substituents is 2. The molecule has 1 atom stereocenters. The van der Waals surface area contributed by atoms with Crippen molar-refractivity contribution in [2.24, 2.45) is 0 Å². The molecule has 0 aliphatic carbocycles. The monoisotopic (exact) mass is 649 g/mol. The molecule has 0 bridgehead atoms. The van der Waals surface area contributed by atoms with E-state index < -0.39 is 23.7 Å². The average Bonchev–Trinajstić information content (AvgIpc) is 3.41. The zero-order chi connectivity index (χ0) is 33.8. The maximum Gasteiger partial charge on any atom is 0.258 e. The number of nitrogens with zero attached hydrogens (tertiary/aromatic N) is 1. The van der Waals surface area contributed by atoms with Crippen molar-refractivity contribution in [3.8, 4) is 17.2 Å². The maximum absolute atomic E-state index is 15.0. The summed E-state index contributed by atoms with van der Waals surface area (Å²) in [7, 11) is 0. The number of aromatic hydroxyl groups is 2. The Kier molecular flexibility index (Phi) is 9.54. The van der Waals surface area contributed by atoms with Gasteiger partial charge < -0.3 is 25.2 Å². The lowest BCUT2D eigenvalue weighted by Gasteiger charge is -2.29. The summed E-state index contributed by atoms with van der Waals surface area (Å²) in [5.41, 5.74) is 6.20. The van der Waals surface area contributed by atoms with Crippen molar-refractivity contribution >= 4 is 28.9 Å². The average molecular weight is 650 g/mol. The van der Waals surface area contributed by atoms with Gasteiger partial charge in [0, 0.05) is 26.1 Å². The molecule has 0 spiro atoms. The van der Waals surface area contributed by atoms with Crippen LogP contribution in [0, 0.1) is 5.82 Å². The number of carbonyl (C=O) groups is 3. The number of carbonyl (C=O) groups excluding carboxylic acids is 3. The van der Waals surface area contributed by atoms with Gasteiger partial charge >= 0.3 is 0 Å². The number of ether oxygens (including phenoxy) is 1. The second-order valence-corrected chi connectivity index (χ2v) is 11.9. The minimum atomic E-state index is -0.793. The quantitative estimate of drug-likeness (QED) is 0.0955. The van der Waals surface area contributed by atoms with Gasteiger partial charge in [-0.3, -0.25) is 19.7 Å². The Hall–Kier alpha value is -5.48. The molecule has 48 heavy (non-hydrogen) atoms. The topological polar surface area (TPSA) is 128 Å². The number of rotatable bonds is 11. The predicted molar refractivity (Wildman–Crippen MR) is 179 cm³/mol. The number of benzene rings is 4. The fourth-order valence-corrected chi connectivity index (χ4v) is 6.35. The molecule has 0 radical (unpaired) electrons. The van der Waals surface area contributed by atoms with E-state index >= 15 is 4.39 Å². The van der Waals surface area contributed by atoms with Crippen molar-refractivity contribution in [3.63, 3.8) is 0 Å². The highest BCUT2D eigenvalue weighted by Crippen LogP contribution is 2.36. The molecule has 6 rings (SSSR count). The van der Waals surface area contributed by atoms with E-state index in [1.165, 1.54) is 11.0 Å². The third kappa shape index (κ3) is 6.94. The molecule has 1 fully saturated rings. The van der Waals surface area contributed by atoms with Crippen molar-refractivity contribution in [3.05, 3.63) is 124 Å². The molecule has 1 unspecified atom stereocenters. The van der Waals surface area contributed by atoms with Crippen LogP contribution in [-0.2, 0) is 22.7 Å². The van der Waals surface area contributed by atoms with Crippen LogP contribution in [0.25, 0.3) is 11.1 Å². The van der Waals surface area contributed by atoms with E-state index in [0.717, 1.165) is 34.3 Å². The van der Waals surface area contributed by atoms with Crippen LogP contribution in [0.3, 0.4) is 0 Å². The van der Waals surface area contributed by atoms with Gasteiger partial charge in [0.05, 0.1) is 5.56 Å². The van der Waals surface area contributed by atoms with Crippen molar-refractivity contribution < 1.29 is 33.7 Å². The second kappa shape index (κ2) is 14.1. The summed E-state index contributed by atoms with van der Waals surface area (Å²) in [6, 6.07) is 24.3. The van der Waals surface area contributed by atoms with E-state index in [1.54, 1.807) is 30.3 Å². The lowest BCUT2D eigenvalue weighted by atomic mass is 9.88. The normalized spacial score (nSPS) is 16.4. The minimum Gasteiger partial charge on any atom is -0.508 e. The zero-order valence-electron chi connectivity index (χ0n) is 26.5. The van der Waals surface area contributed by atoms with Gasteiger partial charge in [-0.25, -0.2) is 4.39 Å². The third-order valence-corrected chi connectivity index (χ3v) is 8.68. The van der Waals surface area contributed by atoms with Gasteiger partial charge in [0.15, 0.2) is 0 Å². The van der Waals surface area contributed by atoms with Crippen molar-refractivity contribution in [2.45, 2.75) is 45.3 Å². The number of imide groups is 1. The highest BCUT2D eigenvalue weighted by atomic mass is 19.1. The Morgan fingerprint density at radius 3 is 2.17 bits per heavy atom. The lowest BCUT2D eigenvalue weighted by Crippen LogP contribution is -2.52. The summed E-state index contributed by atoms with van der Waals surface area (Å²) in [6.07, 6.45) is 1.10. The molecule has 4 aromatic rings. The van der Waals surface area contributed by atoms with Gasteiger partial charge in [-0.05, 0) is 94.3 Å². The predicted octanol–water partition coefficient (Wildman–Crippen LogP) is 5.54. The van der Waals surface area contributed by atoms with E-state index in [1.807, 2.05) is 48.5 Å². The first-order valence-corrected chi connectivity index (χ1v) is 15.9. The number of piperidine rings is 1. The number of hydrogen-bond acceptors (Lipinski definition) is 7. The largest absolute Gasteiger partial charge is 0.508 e. The van der Waals surface area contributed by atoms with Gasteiger partial charge in [0.2, 0.25) is 11.8 Å². The van der Waals surface area contributed by atoms with Crippen LogP contribution < -0.4 is 15.4 Å². The molecule has 10 heteroatoms. The second-order valence-electron chi connectivity index (χ2n) is 11.9. The van der Waals surface area contributed by atoms with Crippen LogP contribution in [0.1, 0.15) is 64.4 Å². The summed E-state index contributed by atoms with van der Waals surface area (Å²) < 4.78 is 21.0. The molecule has 0 aromatic heterocycles. The molecule has 0 saturated carbocycles. The molecule has 9 nitrogen and oxygen atoms in total. The SMILES string of the molecule is CCC(=C(c1ccc(O)cc1)c1ccc(OCCNCc2cc(F)c3c(c2)CN(C2CCC(=O)NC2=O)C3=O)cc1)c1ccc(O)cc1. The van der Waals surface area contributed by atoms with Crippen molar-refractivity contribution in [1.29, 1.82) is 0 Å². The van der Waals surface area contributed by atoms with Crippen molar-refractivity contribution in [2.75, 3.05) is 13.2 Å². The number of hydrogen-bond donors (Lipinski definition) is 4. The van der Waals surface area contributed by atoms with Gasteiger partial charge in [0.1, 0.15) is 35.7 Å². The van der Waals surface area contributed by atoms with Crippen LogP contribution in [-0.4, -0.2) is 52.0 Å². The van der Waals surface area contributed by atoms with E-state index in [0.29, 0.717) is 36.6 Å². The number of allylic oxidation sites excluding steroid dienone is 1. The molecule has 3 amide bonds. The Labute approximate surface area is 277 Å². The standard InChI is InChI=1S/C38H36FN3O6/c1-2-31(24-3-9-28(43)10-4-24)35(25-5-11-29(44)12-6-25)26-7-13-30(14-8-26)48-18-17-40-21-23-19-27-22-42(38(47)36(27)32(39)20-23)33-15-16-34(45)41-37(33)46/h3-14,19-20,33,40,43-44H,2,15-18,21-22H2,1H3,(H,41,45,46). The Balaban J connectivity index is 1.08. The van der Waals surface area contributed by atoms with E-state index in [-0.39, 0.29) is 42.4 Å². The van der Waals surface area contributed by atoms with Crippen molar-refractivity contribution in [1.82, 2.24) is 15.5 Å². The molecule has 1 saturated heterocycles. The number of nitrogens with one attached hydrogen (secondary N) is 2. The van der Waals surface area contributed by atoms with E-state index in [4.69, 9.17) is 4.74 Å². The highest BCUT2D eigenvalue weighted by molar-refractivity contribution is 6.05. The number of amides is 3. The molecular weight excluding hydrogens is 613 g/mol. The van der Waals surface area contributed by atoms with Gasteiger partial charge in [-0.1, -0.05) is 49.4 Å². The van der Waals surface area contributed by atoms with Crippen LogP contribution in [0.15, 0.2) is 84.9 Å². The number of fused-ring (bicyclic) bond motifs is 1. The van der Waals surface area contributed by atoms with Gasteiger partial charge in [-0.15, -0.1) is 0 Å². The molecule has 2 heterocycles. The minimum absolute atomic E-state index is 0.0206. The number of phenols is 2. The Bertz CT molecular complexity index is 1870. The molecule has 2 aliphatic rings. The fraction of sp³-hybridized carbons (Fsp3) is 0.237. The van der Waals surface area contributed by atoms with Crippen LogP contribution in [0.5, 0.6) is 17.2 Å². The third-order valence-electron chi connectivity index (χ3n) is 8.68. The fourth-order valence-electron chi connectivity index (χ4n) is 6.35. The summed E-state index contributed by atoms with van der Waals surface area (Å²) >= 11 is 0.